The van der Waals surface area contributed by atoms with Crippen molar-refractivity contribution in [3.8, 4) is 5.75 Å². The Morgan fingerprint density at radius 2 is 2.40 bits per heavy atom. The zero-order valence-corrected chi connectivity index (χ0v) is 12.5. The van der Waals surface area contributed by atoms with Gasteiger partial charge < -0.3 is 10.1 Å². The Morgan fingerprint density at radius 1 is 1.55 bits per heavy atom. The third-order valence-corrected chi connectivity index (χ3v) is 3.86. The summed E-state index contributed by atoms with van der Waals surface area (Å²) >= 11 is 0. The van der Waals surface area contributed by atoms with Crippen molar-refractivity contribution >= 4 is 5.78 Å². The molecule has 0 spiro atoms. The van der Waals surface area contributed by atoms with E-state index in [9.17, 15) is 4.79 Å². The zero-order valence-electron chi connectivity index (χ0n) is 12.5. The molecule has 2 rings (SSSR count). The number of aromatic nitrogens is 2. The number of nitrogens with zero attached hydrogens (tertiary/aromatic N) is 2. The molecule has 1 aliphatic heterocycles. The average Bonchev–Trinajstić information content (AvgIpc) is 2.89. The molecule has 1 unspecified atom stereocenters. The topological polar surface area (TPSA) is 56.2 Å². The molecule has 0 aromatic carbocycles. The van der Waals surface area contributed by atoms with Gasteiger partial charge >= 0.3 is 0 Å². The van der Waals surface area contributed by atoms with Crippen molar-refractivity contribution in [2.24, 2.45) is 0 Å². The third kappa shape index (κ3) is 3.60. The number of carbonyl (C=O) groups excluding carboxylic acids is 1. The van der Waals surface area contributed by atoms with Gasteiger partial charge in [-0.1, -0.05) is 13.3 Å². The first-order chi connectivity index (χ1) is 9.76. The molecule has 0 bridgehead atoms. The van der Waals surface area contributed by atoms with Crippen LogP contribution in [0.5, 0.6) is 5.75 Å². The van der Waals surface area contributed by atoms with Crippen molar-refractivity contribution < 1.29 is 9.53 Å². The highest BCUT2D eigenvalue weighted by molar-refractivity contribution is 5.97. The number of piperidine rings is 1. The van der Waals surface area contributed by atoms with E-state index in [1.807, 2.05) is 0 Å². The molecule has 1 aliphatic rings. The number of aryl methyl sites for hydroxylation is 1. The van der Waals surface area contributed by atoms with E-state index in [-0.39, 0.29) is 5.78 Å². The van der Waals surface area contributed by atoms with Gasteiger partial charge in [-0.2, -0.15) is 5.10 Å². The van der Waals surface area contributed by atoms with E-state index in [1.165, 1.54) is 19.3 Å². The first kappa shape index (κ1) is 15.0. The molecule has 1 saturated heterocycles. The minimum atomic E-state index is 0.139. The predicted molar refractivity (Wildman–Crippen MR) is 78.3 cm³/mol. The second-order valence-corrected chi connectivity index (χ2v) is 5.39. The number of carbonyl (C=O) groups is 1. The normalized spacial score (nSPS) is 19.0. The number of hydrogen-bond donors (Lipinski definition) is 1. The Morgan fingerprint density at radius 3 is 3.05 bits per heavy atom. The van der Waals surface area contributed by atoms with Crippen LogP contribution in [0.1, 0.15) is 55.9 Å². The van der Waals surface area contributed by atoms with Crippen LogP contribution in [0.2, 0.25) is 0 Å². The van der Waals surface area contributed by atoms with Crippen molar-refractivity contribution in [2.75, 3.05) is 13.7 Å². The number of Topliss-reactive ketones (excluding diaryl/α,β-unsaturated/α-hetero) is 1. The highest BCUT2D eigenvalue weighted by Gasteiger charge is 2.21. The van der Waals surface area contributed by atoms with Crippen LogP contribution in [0, 0.1) is 0 Å². The lowest BCUT2D eigenvalue weighted by atomic mass is 9.98. The van der Waals surface area contributed by atoms with E-state index in [2.05, 4.69) is 17.3 Å². The molecule has 0 radical (unpaired) electrons. The Labute approximate surface area is 120 Å². The van der Waals surface area contributed by atoms with Crippen LogP contribution in [-0.4, -0.2) is 35.3 Å². The minimum Gasteiger partial charge on any atom is -0.493 e. The Bertz CT molecular complexity index is 436. The molecule has 2 heterocycles. The first-order valence-electron chi connectivity index (χ1n) is 7.62. The Balaban J connectivity index is 1.98. The van der Waals surface area contributed by atoms with E-state index in [4.69, 9.17) is 4.74 Å². The second kappa shape index (κ2) is 7.43. The number of rotatable bonds is 7. The predicted octanol–water partition coefficient (Wildman–Crippen LogP) is 2.41. The fraction of sp³-hybridized carbons (Fsp3) is 0.733. The van der Waals surface area contributed by atoms with Crippen molar-refractivity contribution in [3.05, 3.63) is 11.9 Å². The smallest absolute Gasteiger partial charge is 0.184 e. The quantitative estimate of drug-likeness (QED) is 0.779. The fourth-order valence-corrected chi connectivity index (χ4v) is 2.77. The van der Waals surface area contributed by atoms with Gasteiger partial charge in [0.15, 0.2) is 11.5 Å². The maximum Gasteiger partial charge on any atom is 0.184 e. The third-order valence-electron chi connectivity index (χ3n) is 3.86. The van der Waals surface area contributed by atoms with E-state index in [1.54, 1.807) is 18.0 Å². The van der Waals surface area contributed by atoms with Gasteiger partial charge in [-0.05, 0) is 32.2 Å². The van der Waals surface area contributed by atoms with Crippen molar-refractivity contribution in [1.29, 1.82) is 0 Å². The molecule has 1 atom stereocenters. The number of hydrogen-bond acceptors (Lipinski definition) is 4. The van der Waals surface area contributed by atoms with E-state index in [0.29, 0.717) is 23.9 Å². The van der Waals surface area contributed by atoms with Gasteiger partial charge in [-0.3, -0.25) is 9.48 Å². The summed E-state index contributed by atoms with van der Waals surface area (Å²) in [5.41, 5.74) is 0.630. The molecule has 20 heavy (non-hydrogen) atoms. The lowest BCUT2D eigenvalue weighted by Crippen LogP contribution is -2.34. The first-order valence-corrected chi connectivity index (χ1v) is 7.62. The van der Waals surface area contributed by atoms with E-state index in [0.717, 1.165) is 25.9 Å². The van der Waals surface area contributed by atoms with E-state index < -0.39 is 0 Å². The zero-order chi connectivity index (χ0) is 14.4. The van der Waals surface area contributed by atoms with Crippen molar-refractivity contribution in [3.63, 3.8) is 0 Å². The maximum atomic E-state index is 12.5. The Kier molecular flexibility index (Phi) is 5.59. The van der Waals surface area contributed by atoms with Gasteiger partial charge in [-0.25, -0.2) is 0 Å². The van der Waals surface area contributed by atoms with Crippen LogP contribution in [0.4, 0.5) is 0 Å². The molecule has 0 amide bonds. The van der Waals surface area contributed by atoms with Gasteiger partial charge in [0.1, 0.15) is 5.69 Å². The molecule has 1 N–H and O–H groups in total. The fourth-order valence-electron chi connectivity index (χ4n) is 2.77. The summed E-state index contributed by atoms with van der Waals surface area (Å²) in [6, 6.07) is 0.487. The van der Waals surface area contributed by atoms with Gasteiger partial charge in [-0.15, -0.1) is 0 Å². The van der Waals surface area contributed by atoms with Crippen LogP contribution in [0.3, 0.4) is 0 Å². The summed E-state index contributed by atoms with van der Waals surface area (Å²) < 4.78 is 7.04. The van der Waals surface area contributed by atoms with Crippen molar-refractivity contribution in [2.45, 2.75) is 58.0 Å². The molecule has 0 saturated carbocycles. The average molecular weight is 279 g/mol. The monoisotopic (exact) mass is 279 g/mol. The molecule has 0 aliphatic carbocycles. The van der Waals surface area contributed by atoms with Gasteiger partial charge in [0.05, 0.1) is 13.3 Å². The molecule has 5 nitrogen and oxygen atoms in total. The van der Waals surface area contributed by atoms with Crippen LogP contribution in [0.25, 0.3) is 0 Å². The number of ether oxygens (including phenoxy) is 1. The lowest BCUT2D eigenvalue weighted by Gasteiger charge is -2.23. The minimum absolute atomic E-state index is 0.139. The van der Waals surface area contributed by atoms with Gasteiger partial charge in [0, 0.05) is 19.0 Å². The number of methoxy groups -OCH3 is 1. The summed E-state index contributed by atoms with van der Waals surface area (Å²) in [4.78, 5) is 12.5. The van der Waals surface area contributed by atoms with Crippen LogP contribution >= 0.6 is 0 Å². The molecule has 1 fully saturated rings. The van der Waals surface area contributed by atoms with E-state index >= 15 is 0 Å². The standard InChI is InChI=1S/C15H25N3O2/c1-3-10-18-15(14(20-2)11-17-18)13(19)8-7-12-6-4-5-9-16-12/h11-12,16H,3-10H2,1-2H3. The SMILES string of the molecule is CCCn1ncc(OC)c1C(=O)CCC1CCCCN1. The molecular weight excluding hydrogens is 254 g/mol. The Hall–Kier alpha value is -1.36. The highest BCUT2D eigenvalue weighted by Crippen LogP contribution is 2.21. The summed E-state index contributed by atoms with van der Waals surface area (Å²) in [5.74, 6) is 0.736. The summed E-state index contributed by atoms with van der Waals surface area (Å²) in [6.07, 6.45) is 7.75. The maximum absolute atomic E-state index is 12.5. The van der Waals surface area contributed by atoms with Crippen molar-refractivity contribution in [1.82, 2.24) is 15.1 Å². The summed E-state index contributed by atoms with van der Waals surface area (Å²) in [7, 11) is 1.59. The van der Waals surface area contributed by atoms with Crippen LogP contribution < -0.4 is 10.1 Å². The lowest BCUT2D eigenvalue weighted by molar-refractivity contribution is 0.0960. The molecule has 112 valence electrons. The summed E-state index contributed by atoms with van der Waals surface area (Å²) in [6.45, 7) is 3.91. The summed E-state index contributed by atoms with van der Waals surface area (Å²) in [5, 5.41) is 7.73. The second-order valence-electron chi connectivity index (χ2n) is 5.39. The van der Waals surface area contributed by atoms with Crippen LogP contribution in [0.15, 0.2) is 6.20 Å². The van der Waals surface area contributed by atoms with Gasteiger partial charge in [0.25, 0.3) is 0 Å². The number of ketones is 1. The highest BCUT2D eigenvalue weighted by atomic mass is 16.5. The van der Waals surface area contributed by atoms with Crippen LogP contribution in [-0.2, 0) is 6.54 Å². The van der Waals surface area contributed by atoms with Gasteiger partial charge in [0.2, 0.25) is 0 Å². The molecular formula is C15H25N3O2. The number of nitrogens with one attached hydrogen (secondary N) is 1. The molecule has 1 aromatic rings. The largest absolute Gasteiger partial charge is 0.493 e. The molecule has 5 heteroatoms. The molecule has 1 aromatic heterocycles.